The number of carbonyl (C=O) groups excluding carboxylic acids is 2. The predicted octanol–water partition coefficient (Wildman–Crippen LogP) is 3.00. The lowest BCUT2D eigenvalue weighted by atomic mass is 10.2. The van der Waals surface area contributed by atoms with Crippen LogP contribution in [0.2, 0.25) is 0 Å². The van der Waals surface area contributed by atoms with Gasteiger partial charge in [-0.3, -0.25) is 9.59 Å². The van der Waals surface area contributed by atoms with Gasteiger partial charge in [0.15, 0.2) is 5.76 Å². The molecule has 0 saturated carbocycles. The molecule has 0 unspecified atom stereocenters. The number of hydrogen-bond donors (Lipinski definition) is 2. The summed E-state index contributed by atoms with van der Waals surface area (Å²) in [5.41, 5.74) is 0.226. The molecule has 1 aromatic heterocycles. The number of nitrogens with one attached hydrogen (secondary N) is 2. The van der Waals surface area contributed by atoms with Gasteiger partial charge in [-0.2, -0.15) is 17.5 Å². The molecule has 2 aromatic rings. The monoisotopic (exact) mass is 459 g/mol. The molecular weight excluding hydrogens is 439 g/mol. The first kappa shape index (κ1) is 22.8. The van der Waals surface area contributed by atoms with Gasteiger partial charge in [0.05, 0.1) is 0 Å². The summed E-state index contributed by atoms with van der Waals surface area (Å²) in [4.78, 5) is 24.0. The minimum absolute atomic E-state index is 0.0184. The number of alkyl halides is 3. The second kappa shape index (κ2) is 9.10. The first-order valence-corrected chi connectivity index (χ1v) is 10.9. The molecule has 31 heavy (non-hydrogen) atoms. The zero-order chi connectivity index (χ0) is 22.6. The summed E-state index contributed by atoms with van der Waals surface area (Å²) >= 11 is 0. The van der Waals surface area contributed by atoms with E-state index in [0.29, 0.717) is 13.1 Å². The van der Waals surface area contributed by atoms with E-state index in [9.17, 15) is 31.2 Å². The number of benzene rings is 1. The van der Waals surface area contributed by atoms with E-state index in [4.69, 9.17) is 4.42 Å². The molecule has 2 heterocycles. The molecule has 1 saturated heterocycles. The molecule has 3 rings (SSSR count). The molecule has 0 spiro atoms. The third-order valence-corrected chi connectivity index (χ3v) is 6.34. The second-order valence-corrected chi connectivity index (χ2v) is 8.78. The molecule has 0 bridgehead atoms. The Labute approximate surface area is 176 Å². The highest BCUT2D eigenvalue weighted by Gasteiger charge is 2.30. The third kappa shape index (κ3) is 5.85. The van der Waals surface area contributed by atoms with Crippen molar-refractivity contribution in [1.29, 1.82) is 0 Å². The van der Waals surface area contributed by atoms with Crippen LogP contribution in [-0.2, 0) is 10.0 Å². The summed E-state index contributed by atoms with van der Waals surface area (Å²) in [7, 11) is -3.82. The predicted molar refractivity (Wildman–Crippen MR) is 104 cm³/mol. The van der Waals surface area contributed by atoms with Gasteiger partial charge in [-0.25, -0.2) is 8.42 Å². The number of hydrogen-bond acceptors (Lipinski definition) is 5. The highest BCUT2D eigenvalue weighted by Crippen LogP contribution is 2.23. The lowest BCUT2D eigenvalue weighted by Gasteiger charge is -2.24. The van der Waals surface area contributed by atoms with Crippen LogP contribution in [0.15, 0.2) is 45.9 Å². The normalized spacial score (nSPS) is 15.5. The lowest BCUT2D eigenvalue weighted by Crippen LogP contribution is -2.35. The van der Waals surface area contributed by atoms with Crippen molar-refractivity contribution >= 4 is 27.5 Å². The summed E-state index contributed by atoms with van der Waals surface area (Å²) in [6.45, 7) is -0.660. The van der Waals surface area contributed by atoms with Crippen molar-refractivity contribution < 1.29 is 35.6 Å². The van der Waals surface area contributed by atoms with Crippen LogP contribution in [0.4, 0.5) is 18.9 Å². The van der Waals surface area contributed by atoms with E-state index in [2.05, 4.69) is 5.32 Å². The quantitative estimate of drug-likeness (QED) is 0.690. The minimum Gasteiger partial charge on any atom is -0.438 e. The van der Waals surface area contributed by atoms with E-state index in [1.807, 2.05) is 0 Å². The summed E-state index contributed by atoms with van der Waals surface area (Å²) in [6, 6.07) is 7.60. The Bertz CT molecular complexity index is 1040. The largest absolute Gasteiger partial charge is 0.438 e. The first-order valence-electron chi connectivity index (χ1n) is 9.43. The third-order valence-electron chi connectivity index (χ3n) is 4.57. The molecule has 1 aromatic carbocycles. The van der Waals surface area contributed by atoms with E-state index < -0.39 is 34.6 Å². The molecule has 0 atom stereocenters. The van der Waals surface area contributed by atoms with Crippen molar-refractivity contribution in [2.75, 3.05) is 25.0 Å². The molecule has 8 nitrogen and oxygen atoms in total. The Morgan fingerprint density at radius 2 is 1.61 bits per heavy atom. The maximum Gasteiger partial charge on any atom is 0.405 e. The van der Waals surface area contributed by atoms with Crippen LogP contribution in [-0.4, -0.2) is 50.3 Å². The van der Waals surface area contributed by atoms with Crippen molar-refractivity contribution in [3.63, 3.8) is 0 Å². The van der Waals surface area contributed by atoms with Crippen LogP contribution >= 0.6 is 0 Å². The van der Waals surface area contributed by atoms with Crippen LogP contribution in [0.25, 0.3) is 0 Å². The fraction of sp³-hybridized carbons (Fsp3) is 0.368. The van der Waals surface area contributed by atoms with Gasteiger partial charge in [-0.1, -0.05) is 6.42 Å². The second-order valence-electron chi connectivity index (χ2n) is 6.91. The Balaban J connectivity index is 1.62. The van der Waals surface area contributed by atoms with Gasteiger partial charge in [0.25, 0.3) is 21.8 Å². The highest BCUT2D eigenvalue weighted by atomic mass is 32.2. The Kier molecular flexibility index (Phi) is 6.70. The maximum atomic E-state index is 12.6. The number of amides is 2. The number of halogens is 3. The van der Waals surface area contributed by atoms with E-state index in [-0.39, 0.29) is 22.1 Å². The molecule has 2 N–H and O–H groups in total. The average Bonchev–Trinajstić information content (AvgIpc) is 3.24. The number of carbonyl (C=O) groups is 2. The fourth-order valence-electron chi connectivity index (χ4n) is 2.99. The molecular formula is C19H20F3N3O5S. The van der Waals surface area contributed by atoms with Gasteiger partial charge in [-0.15, -0.1) is 0 Å². The molecule has 168 valence electrons. The van der Waals surface area contributed by atoms with Gasteiger partial charge in [0, 0.05) is 24.3 Å². The summed E-state index contributed by atoms with van der Waals surface area (Å²) in [5, 5.41) is 3.89. The number of piperidine rings is 1. The maximum absolute atomic E-state index is 12.6. The lowest BCUT2D eigenvalue weighted by molar-refractivity contribution is -0.123. The highest BCUT2D eigenvalue weighted by molar-refractivity contribution is 7.89. The Hall–Kier alpha value is -2.86. The molecule has 2 amide bonds. The molecule has 12 heteroatoms. The van der Waals surface area contributed by atoms with Gasteiger partial charge < -0.3 is 15.1 Å². The van der Waals surface area contributed by atoms with Crippen LogP contribution in [0.3, 0.4) is 0 Å². The van der Waals surface area contributed by atoms with Crippen LogP contribution < -0.4 is 10.6 Å². The Morgan fingerprint density at radius 1 is 0.968 bits per heavy atom. The van der Waals surface area contributed by atoms with E-state index >= 15 is 0 Å². The average molecular weight is 459 g/mol. The number of nitrogens with zero attached hydrogens (tertiary/aromatic N) is 1. The van der Waals surface area contributed by atoms with Crippen molar-refractivity contribution in [3.05, 3.63) is 47.7 Å². The van der Waals surface area contributed by atoms with Crippen molar-refractivity contribution in [1.82, 2.24) is 9.62 Å². The summed E-state index contributed by atoms with van der Waals surface area (Å²) < 4.78 is 68.3. The van der Waals surface area contributed by atoms with Crippen LogP contribution in [0.1, 0.15) is 40.2 Å². The minimum atomic E-state index is -4.52. The summed E-state index contributed by atoms with van der Waals surface area (Å²) in [5.74, 6) is -1.84. The van der Waals surface area contributed by atoms with E-state index in [1.54, 1.807) is 5.32 Å². The van der Waals surface area contributed by atoms with Crippen molar-refractivity contribution in [2.45, 2.75) is 30.5 Å². The molecule has 0 radical (unpaired) electrons. The van der Waals surface area contributed by atoms with Gasteiger partial charge in [0.1, 0.15) is 6.54 Å². The molecule has 1 aliphatic heterocycles. The number of sulfonamides is 1. The standard InChI is InChI=1S/C19H20F3N3O5S/c20-19(21,22)12-23-17(26)13-4-6-14(7-5-13)24-18(27)15-8-9-16(30-15)31(28,29)25-10-2-1-3-11-25/h4-9H,1-3,10-12H2,(H,23,26)(H,24,27). The van der Waals surface area contributed by atoms with Crippen LogP contribution in [0.5, 0.6) is 0 Å². The number of furan rings is 1. The van der Waals surface area contributed by atoms with Gasteiger partial charge in [0.2, 0.25) is 5.09 Å². The van der Waals surface area contributed by atoms with E-state index in [1.165, 1.54) is 40.7 Å². The molecule has 1 aliphatic rings. The molecule has 0 aliphatic carbocycles. The van der Waals surface area contributed by atoms with Crippen LogP contribution in [0, 0.1) is 0 Å². The van der Waals surface area contributed by atoms with Gasteiger partial charge >= 0.3 is 6.18 Å². The topological polar surface area (TPSA) is 109 Å². The first-order chi connectivity index (χ1) is 14.6. The zero-order valence-electron chi connectivity index (χ0n) is 16.2. The smallest absolute Gasteiger partial charge is 0.405 e. The zero-order valence-corrected chi connectivity index (χ0v) is 17.1. The van der Waals surface area contributed by atoms with E-state index in [0.717, 1.165) is 19.3 Å². The number of anilines is 1. The SMILES string of the molecule is O=C(NCC(F)(F)F)c1ccc(NC(=O)c2ccc(S(=O)(=O)N3CCCCC3)o2)cc1. The Morgan fingerprint density at radius 3 is 2.23 bits per heavy atom. The number of rotatable bonds is 6. The molecule has 1 fully saturated rings. The van der Waals surface area contributed by atoms with Crippen molar-refractivity contribution in [2.24, 2.45) is 0 Å². The van der Waals surface area contributed by atoms with Crippen molar-refractivity contribution in [3.8, 4) is 0 Å². The van der Waals surface area contributed by atoms with Gasteiger partial charge in [-0.05, 0) is 49.2 Å². The fourth-order valence-corrected chi connectivity index (χ4v) is 4.42. The summed E-state index contributed by atoms with van der Waals surface area (Å²) in [6.07, 6.45) is -2.04.